The van der Waals surface area contributed by atoms with Crippen molar-refractivity contribution in [1.82, 2.24) is 9.55 Å². The number of rotatable bonds is 3. The lowest BCUT2D eigenvalue weighted by molar-refractivity contribution is -0.659. The molecule has 0 N–H and O–H groups in total. The summed E-state index contributed by atoms with van der Waals surface area (Å²) in [5.41, 5.74) is 6.76. The third kappa shape index (κ3) is 3.19. The highest BCUT2D eigenvalue weighted by Gasteiger charge is 2.27. The van der Waals surface area contributed by atoms with E-state index in [0.29, 0.717) is 22.4 Å². The van der Waals surface area contributed by atoms with Crippen molar-refractivity contribution in [2.75, 3.05) is 0 Å². The molecule has 8 aromatic rings. The predicted molar refractivity (Wildman–Crippen MR) is 155 cm³/mol. The Labute approximate surface area is 228 Å². The van der Waals surface area contributed by atoms with Gasteiger partial charge in [0.25, 0.3) is 5.82 Å². The number of halogens is 1. The fourth-order valence-corrected chi connectivity index (χ4v) is 5.86. The van der Waals surface area contributed by atoms with Crippen LogP contribution in [-0.4, -0.2) is 9.55 Å². The largest absolute Gasteiger partial charge is 0.454 e. The molecular weight excluding hydrogens is 501 g/mol. The van der Waals surface area contributed by atoms with Crippen molar-refractivity contribution in [1.29, 1.82) is 0 Å². The van der Waals surface area contributed by atoms with Gasteiger partial charge in [-0.3, -0.25) is 0 Å². The molecule has 0 unspecified atom stereocenters. The number of nitrogens with zero attached hydrogens (tertiary/aromatic N) is 3. The van der Waals surface area contributed by atoms with Crippen molar-refractivity contribution in [2.45, 2.75) is 6.92 Å². The first-order chi connectivity index (χ1) is 19.6. The molecule has 0 saturated carbocycles. The summed E-state index contributed by atoms with van der Waals surface area (Å²) < 4.78 is 32.5. The molecule has 4 aromatic heterocycles. The van der Waals surface area contributed by atoms with Crippen LogP contribution in [0.2, 0.25) is 0 Å². The van der Waals surface area contributed by atoms with Crippen molar-refractivity contribution in [2.24, 2.45) is 7.05 Å². The molecule has 0 bridgehead atoms. The van der Waals surface area contributed by atoms with Crippen LogP contribution < -0.4 is 4.57 Å². The Kier molecular flexibility index (Phi) is 4.76. The number of benzene rings is 4. The maximum atomic E-state index is 15.7. The van der Waals surface area contributed by atoms with Gasteiger partial charge >= 0.3 is 0 Å². The number of hydrogen-bond donors (Lipinski definition) is 0. The molecule has 4 aromatic carbocycles. The van der Waals surface area contributed by atoms with Crippen LogP contribution in [0.4, 0.5) is 4.39 Å². The summed E-state index contributed by atoms with van der Waals surface area (Å²) in [5.74, 6) is 0.641. The van der Waals surface area contributed by atoms with E-state index in [1.165, 1.54) is 6.07 Å². The summed E-state index contributed by atoms with van der Waals surface area (Å²) >= 11 is 0. The summed E-state index contributed by atoms with van der Waals surface area (Å²) in [6, 6.07) is 27.3. The molecule has 0 fully saturated rings. The van der Waals surface area contributed by atoms with E-state index in [4.69, 9.17) is 8.83 Å². The van der Waals surface area contributed by atoms with Gasteiger partial charge in [-0.15, -0.1) is 0 Å². The Morgan fingerprint density at radius 2 is 1.57 bits per heavy atom. The number of hydrogen-bond acceptors (Lipinski definition) is 3. The molecular formula is C34H23FN3O2+. The van der Waals surface area contributed by atoms with Gasteiger partial charge in [-0.05, 0) is 66.6 Å². The molecule has 0 spiro atoms. The van der Waals surface area contributed by atoms with Crippen molar-refractivity contribution in [3.63, 3.8) is 0 Å². The molecule has 40 heavy (non-hydrogen) atoms. The Morgan fingerprint density at radius 1 is 0.775 bits per heavy atom. The summed E-state index contributed by atoms with van der Waals surface area (Å²) in [4.78, 5) is 4.33. The van der Waals surface area contributed by atoms with Gasteiger partial charge in [0.05, 0.1) is 12.6 Å². The number of imidazole rings is 1. The molecule has 0 radical (unpaired) electrons. The molecule has 192 valence electrons. The van der Waals surface area contributed by atoms with E-state index in [2.05, 4.69) is 51.5 Å². The summed E-state index contributed by atoms with van der Waals surface area (Å²) in [6.45, 7) is 2.08. The fraction of sp³-hybridized carbons (Fsp3) is 0.0588. The molecule has 0 aliphatic heterocycles. The zero-order valence-corrected chi connectivity index (χ0v) is 21.9. The van der Waals surface area contributed by atoms with E-state index in [1.54, 1.807) is 6.20 Å². The average Bonchev–Trinajstić information content (AvgIpc) is 3.66. The number of fused-ring (bicyclic) bond motifs is 6. The van der Waals surface area contributed by atoms with Gasteiger partial charge in [0.15, 0.2) is 5.58 Å². The van der Waals surface area contributed by atoms with Crippen LogP contribution in [0.25, 0.3) is 72.2 Å². The van der Waals surface area contributed by atoms with Crippen LogP contribution in [-0.2, 0) is 7.05 Å². The topological polar surface area (TPSA) is 48.0 Å². The molecule has 8 rings (SSSR count). The number of furan rings is 2. The molecule has 0 amide bonds. The maximum Gasteiger partial charge on any atom is 0.297 e. The molecule has 5 nitrogen and oxygen atoms in total. The van der Waals surface area contributed by atoms with Crippen molar-refractivity contribution < 1.29 is 17.8 Å². The highest BCUT2D eigenvalue weighted by Crippen LogP contribution is 2.43. The number of para-hydroxylation sites is 1. The fourth-order valence-electron chi connectivity index (χ4n) is 5.86. The number of pyridine rings is 1. The SMILES string of the molecule is Cc1ccc2c(oc3c(-c4ccc5oc6ncccc6c5c4)c(F)ccc32)c1-c1n(-c2ccccc2)cc[n+]1C. The third-order valence-corrected chi connectivity index (χ3v) is 7.76. The smallest absolute Gasteiger partial charge is 0.297 e. The highest BCUT2D eigenvalue weighted by molar-refractivity contribution is 6.14. The summed E-state index contributed by atoms with van der Waals surface area (Å²) in [7, 11) is 2.03. The monoisotopic (exact) mass is 524 g/mol. The minimum atomic E-state index is -0.340. The number of aryl methyl sites for hydroxylation is 2. The standard InChI is InChI=1S/C34H23FN3O2/c1-20-10-12-23-24-13-14-27(35)30(21-11-15-28-26(19-21)25-9-6-16-36-33(25)39-28)32(24)40-31(23)29(20)34-37(2)17-18-38(34)22-7-4-3-5-8-22/h3-19H,1-2H3/q+1. The van der Waals surface area contributed by atoms with Crippen LogP contribution in [0.15, 0.2) is 112 Å². The zero-order valence-electron chi connectivity index (χ0n) is 21.9. The van der Waals surface area contributed by atoms with Crippen LogP contribution in [0.1, 0.15) is 5.56 Å². The van der Waals surface area contributed by atoms with Gasteiger partial charge in [0, 0.05) is 27.7 Å². The Morgan fingerprint density at radius 3 is 2.42 bits per heavy atom. The summed E-state index contributed by atoms with van der Waals surface area (Å²) in [6.07, 6.45) is 5.79. The normalized spacial score (nSPS) is 11.9. The second-order valence-corrected chi connectivity index (χ2v) is 10.1. The predicted octanol–water partition coefficient (Wildman–Crippen LogP) is 8.28. The highest BCUT2D eigenvalue weighted by atomic mass is 19.1. The molecule has 0 saturated heterocycles. The van der Waals surface area contributed by atoms with Crippen molar-refractivity contribution in [3.8, 4) is 28.2 Å². The number of aromatic nitrogens is 3. The van der Waals surface area contributed by atoms with E-state index >= 15 is 4.39 Å². The van der Waals surface area contributed by atoms with Gasteiger partial charge in [-0.2, -0.15) is 4.57 Å². The zero-order chi connectivity index (χ0) is 27.0. The maximum absolute atomic E-state index is 15.7. The van der Waals surface area contributed by atoms with E-state index < -0.39 is 0 Å². The molecule has 0 aliphatic rings. The van der Waals surface area contributed by atoms with Crippen LogP contribution in [0.5, 0.6) is 0 Å². The van der Waals surface area contributed by atoms with Crippen LogP contribution in [0, 0.1) is 12.7 Å². The minimum absolute atomic E-state index is 0.340. The van der Waals surface area contributed by atoms with Crippen molar-refractivity contribution in [3.05, 3.63) is 115 Å². The Balaban J connectivity index is 1.42. The Bertz CT molecular complexity index is 2260. The average molecular weight is 525 g/mol. The molecule has 0 atom stereocenters. The molecule has 0 aliphatic carbocycles. The first-order valence-electron chi connectivity index (χ1n) is 13.1. The molecule has 6 heteroatoms. The van der Waals surface area contributed by atoms with Gasteiger partial charge in [0.1, 0.15) is 40.6 Å². The second-order valence-electron chi connectivity index (χ2n) is 10.1. The van der Waals surface area contributed by atoms with E-state index in [0.717, 1.165) is 55.3 Å². The van der Waals surface area contributed by atoms with Gasteiger partial charge < -0.3 is 8.83 Å². The third-order valence-electron chi connectivity index (χ3n) is 7.76. The van der Waals surface area contributed by atoms with Crippen LogP contribution >= 0.6 is 0 Å². The minimum Gasteiger partial charge on any atom is -0.454 e. The second kappa shape index (κ2) is 8.38. The first-order valence-corrected chi connectivity index (χ1v) is 13.1. The van der Waals surface area contributed by atoms with Crippen LogP contribution in [0.3, 0.4) is 0 Å². The van der Waals surface area contributed by atoms with E-state index in [1.807, 2.05) is 67.8 Å². The first kappa shape index (κ1) is 22.7. The lowest BCUT2D eigenvalue weighted by atomic mass is 9.98. The summed E-state index contributed by atoms with van der Waals surface area (Å²) in [5, 5.41) is 3.59. The molecule has 4 heterocycles. The van der Waals surface area contributed by atoms with Gasteiger partial charge in [-0.1, -0.05) is 36.4 Å². The lowest BCUT2D eigenvalue weighted by Gasteiger charge is -2.07. The van der Waals surface area contributed by atoms with Gasteiger partial charge in [0.2, 0.25) is 5.71 Å². The Hall–Kier alpha value is -5.23. The van der Waals surface area contributed by atoms with E-state index in [9.17, 15) is 0 Å². The van der Waals surface area contributed by atoms with Gasteiger partial charge in [-0.25, -0.2) is 13.9 Å². The van der Waals surface area contributed by atoms with Crippen molar-refractivity contribution >= 4 is 44.0 Å². The lowest BCUT2D eigenvalue weighted by Crippen LogP contribution is -2.29. The van der Waals surface area contributed by atoms with E-state index in [-0.39, 0.29) is 5.82 Å². The quantitative estimate of drug-likeness (QED) is 0.219.